The Morgan fingerprint density at radius 1 is 1.19 bits per heavy atom. The zero-order valence-corrected chi connectivity index (χ0v) is 22.3. The van der Waals surface area contributed by atoms with E-state index in [1.807, 2.05) is 13.8 Å². The summed E-state index contributed by atoms with van der Waals surface area (Å²) in [6, 6.07) is 0. The van der Waals surface area contributed by atoms with Crippen LogP contribution in [-0.2, 0) is 23.8 Å². The van der Waals surface area contributed by atoms with Gasteiger partial charge in [0.05, 0.1) is 37.4 Å². The third-order valence-electron chi connectivity index (χ3n) is 9.72. The summed E-state index contributed by atoms with van der Waals surface area (Å²) < 4.78 is 17.7. The highest BCUT2D eigenvalue weighted by Gasteiger charge is 2.81. The molecule has 3 N–H and O–H groups in total. The molecule has 36 heavy (non-hydrogen) atoms. The van der Waals surface area contributed by atoms with E-state index < -0.39 is 63.6 Å². The molecule has 0 aromatic rings. The van der Waals surface area contributed by atoms with E-state index in [2.05, 4.69) is 11.5 Å². The predicted molar refractivity (Wildman–Crippen MR) is 131 cm³/mol. The highest BCUT2D eigenvalue weighted by Crippen LogP contribution is 2.67. The van der Waals surface area contributed by atoms with Crippen molar-refractivity contribution in [3.05, 3.63) is 12.7 Å². The Balaban J connectivity index is 1.75. The molecule has 0 amide bonds. The number of esters is 1. The lowest BCUT2D eigenvalue weighted by Gasteiger charge is -2.71. The van der Waals surface area contributed by atoms with Crippen LogP contribution < -0.4 is 0 Å². The average Bonchev–Trinajstić information content (AvgIpc) is 2.81. The average molecular weight is 510 g/mol. The van der Waals surface area contributed by atoms with Crippen molar-refractivity contribution in [2.45, 2.75) is 95.4 Å². The van der Waals surface area contributed by atoms with Gasteiger partial charge in [0.15, 0.2) is 17.5 Å². The van der Waals surface area contributed by atoms with Crippen molar-refractivity contribution >= 4 is 11.8 Å². The Bertz CT molecular complexity index is 902. The van der Waals surface area contributed by atoms with Crippen molar-refractivity contribution in [3.8, 4) is 0 Å². The molecule has 0 aromatic heterocycles. The highest BCUT2D eigenvalue weighted by molar-refractivity contribution is 5.92. The molecule has 0 aromatic carbocycles. The fraction of sp³-hybridized carbons (Fsp3) is 0.852. The van der Waals surface area contributed by atoms with Gasteiger partial charge in [0.25, 0.3) is 0 Å². The monoisotopic (exact) mass is 509 g/mol. The maximum atomic E-state index is 13.9. The van der Waals surface area contributed by atoms with Crippen LogP contribution in [0.2, 0.25) is 0 Å². The summed E-state index contributed by atoms with van der Waals surface area (Å²) in [5, 5.41) is 35.6. The molecule has 9 heteroatoms. The fourth-order valence-electron chi connectivity index (χ4n) is 7.75. The number of rotatable bonds is 5. The number of hydrogen-bond acceptors (Lipinski definition) is 9. The van der Waals surface area contributed by atoms with E-state index in [0.29, 0.717) is 32.6 Å². The lowest BCUT2D eigenvalue weighted by atomic mass is 9.40. The molecule has 0 bridgehead atoms. The number of carbonyl (C=O) groups is 2. The number of nitrogens with zero attached hydrogens (tertiary/aromatic N) is 1. The van der Waals surface area contributed by atoms with Crippen LogP contribution in [0.15, 0.2) is 12.7 Å². The minimum atomic E-state index is -2.21. The van der Waals surface area contributed by atoms with Crippen molar-refractivity contribution in [2.24, 2.45) is 16.7 Å². The molecule has 0 radical (unpaired) electrons. The van der Waals surface area contributed by atoms with Crippen LogP contribution >= 0.6 is 0 Å². The van der Waals surface area contributed by atoms with Gasteiger partial charge in [-0.15, -0.1) is 6.58 Å². The Morgan fingerprint density at radius 3 is 2.44 bits per heavy atom. The molecule has 4 aliphatic rings. The SMILES string of the molecule is C=C[C@@]1(C)CC(=O)[C@]2(O)C3(C)C(C(O)C(OC(=O)CCN4CCOCC4)[C@@]2(C)O1)C(C)(C)CC[C@@H]3O. The van der Waals surface area contributed by atoms with E-state index in [1.54, 1.807) is 13.8 Å². The number of ketones is 1. The van der Waals surface area contributed by atoms with Crippen LogP contribution in [0.3, 0.4) is 0 Å². The minimum absolute atomic E-state index is 0.0817. The standard InChI is InChI=1S/C27H43NO8/c1-7-24(4)16-18(30)27(33)25(5)17(29)8-10-23(2,3)21(25)20(32)22(26(27,6)36-24)35-19(31)9-11-28-12-14-34-15-13-28/h7,17,20-22,29,32-33H,1,8-16H2,2-6H3/t17-,20?,21?,22?,24-,25?,26+,27-/m0/s1. The van der Waals surface area contributed by atoms with Crippen LogP contribution in [0.1, 0.15) is 60.3 Å². The maximum absolute atomic E-state index is 13.9. The number of fused-ring (bicyclic) bond motifs is 3. The van der Waals surface area contributed by atoms with E-state index in [1.165, 1.54) is 13.0 Å². The number of carbonyl (C=O) groups excluding carboxylic acids is 2. The summed E-state index contributed by atoms with van der Waals surface area (Å²) in [6.45, 7) is 15.7. The van der Waals surface area contributed by atoms with Crippen molar-refractivity contribution in [2.75, 3.05) is 32.8 Å². The highest BCUT2D eigenvalue weighted by atomic mass is 16.6. The zero-order valence-electron chi connectivity index (χ0n) is 22.3. The third-order valence-corrected chi connectivity index (χ3v) is 9.72. The number of aliphatic hydroxyl groups excluding tert-OH is 2. The normalized spacial score (nSPS) is 46.9. The van der Waals surface area contributed by atoms with E-state index in [-0.39, 0.29) is 12.8 Å². The van der Waals surface area contributed by atoms with Crippen LogP contribution in [-0.4, -0.2) is 99.9 Å². The van der Waals surface area contributed by atoms with Crippen LogP contribution in [0.25, 0.3) is 0 Å². The van der Waals surface area contributed by atoms with E-state index in [0.717, 1.165) is 13.1 Å². The van der Waals surface area contributed by atoms with Crippen molar-refractivity contribution in [1.82, 2.24) is 4.90 Å². The molecule has 2 aliphatic heterocycles. The molecule has 4 unspecified atom stereocenters. The number of aliphatic hydroxyl groups is 3. The molecule has 2 heterocycles. The van der Waals surface area contributed by atoms with Gasteiger partial charge in [-0.1, -0.05) is 26.8 Å². The molecule has 204 valence electrons. The Hall–Kier alpha value is -1.36. The number of Topliss-reactive ketones (excluding diaryl/α,β-unsaturated/α-hetero) is 1. The van der Waals surface area contributed by atoms with Crippen LogP contribution in [0.4, 0.5) is 0 Å². The summed E-state index contributed by atoms with van der Waals surface area (Å²) in [7, 11) is 0. The van der Waals surface area contributed by atoms with E-state index >= 15 is 0 Å². The first-order valence-electron chi connectivity index (χ1n) is 13.1. The minimum Gasteiger partial charge on any atom is -0.456 e. The summed E-state index contributed by atoms with van der Waals surface area (Å²) in [5.74, 6) is -1.79. The predicted octanol–water partition coefficient (Wildman–Crippen LogP) is 1.22. The zero-order chi connectivity index (χ0) is 26.7. The smallest absolute Gasteiger partial charge is 0.307 e. The molecule has 2 aliphatic carbocycles. The van der Waals surface area contributed by atoms with Gasteiger partial charge in [0.2, 0.25) is 0 Å². The number of hydrogen-bond donors (Lipinski definition) is 3. The summed E-state index contributed by atoms with van der Waals surface area (Å²) in [4.78, 5) is 29.1. The maximum Gasteiger partial charge on any atom is 0.307 e. The first kappa shape index (κ1) is 27.7. The first-order chi connectivity index (χ1) is 16.7. The van der Waals surface area contributed by atoms with Crippen LogP contribution in [0, 0.1) is 16.7 Å². The van der Waals surface area contributed by atoms with E-state index in [9.17, 15) is 24.9 Å². The van der Waals surface area contributed by atoms with Gasteiger partial charge in [-0.3, -0.25) is 14.5 Å². The molecule has 4 fully saturated rings. The van der Waals surface area contributed by atoms with Gasteiger partial charge in [-0.25, -0.2) is 0 Å². The van der Waals surface area contributed by atoms with Gasteiger partial charge in [-0.05, 0) is 32.1 Å². The van der Waals surface area contributed by atoms with Crippen molar-refractivity contribution < 1.29 is 39.1 Å². The largest absolute Gasteiger partial charge is 0.456 e. The lowest BCUT2D eigenvalue weighted by molar-refractivity contribution is -0.370. The van der Waals surface area contributed by atoms with E-state index in [4.69, 9.17) is 14.2 Å². The number of morpholine rings is 1. The van der Waals surface area contributed by atoms with Gasteiger partial charge < -0.3 is 29.5 Å². The second-order valence-corrected chi connectivity index (χ2v) is 12.4. The molecule has 2 saturated carbocycles. The van der Waals surface area contributed by atoms with Crippen molar-refractivity contribution in [1.29, 1.82) is 0 Å². The molecule has 2 saturated heterocycles. The number of ether oxygens (including phenoxy) is 3. The molecular weight excluding hydrogens is 466 g/mol. The summed E-state index contributed by atoms with van der Waals surface area (Å²) in [6.07, 6.45) is -1.30. The van der Waals surface area contributed by atoms with Crippen LogP contribution in [0.5, 0.6) is 0 Å². The van der Waals surface area contributed by atoms with Gasteiger partial charge in [-0.2, -0.15) is 0 Å². The summed E-state index contributed by atoms with van der Waals surface area (Å²) >= 11 is 0. The molecule has 9 nitrogen and oxygen atoms in total. The quantitative estimate of drug-likeness (QED) is 0.370. The van der Waals surface area contributed by atoms with Gasteiger partial charge in [0.1, 0.15) is 5.60 Å². The fourth-order valence-corrected chi connectivity index (χ4v) is 7.75. The topological polar surface area (TPSA) is 126 Å². The van der Waals surface area contributed by atoms with Crippen molar-refractivity contribution in [3.63, 3.8) is 0 Å². The first-order valence-corrected chi connectivity index (χ1v) is 13.1. The lowest BCUT2D eigenvalue weighted by Crippen LogP contribution is -2.86. The molecule has 0 spiro atoms. The second-order valence-electron chi connectivity index (χ2n) is 12.4. The van der Waals surface area contributed by atoms with Gasteiger partial charge >= 0.3 is 5.97 Å². The van der Waals surface area contributed by atoms with Gasteiger partial charge in [0, 0.05) is 37.4 Å². The third kappa shape index (κ3) is 3.89. The Labute approximate surface area is 213 Å². The Kier molecular flexibility index (Phi) is 7.02. The molecular formula is C27H43NO8. The molecule has 8 atom stereocenters. The second kappa shape index (κ2) is 9.13. The Morgan fingerprint density at radius 2 is 1.83 bits per heavy atom. The summed E-state index contributed by atoms with van der Waals surface area (Å²) in [5.41, 5.74) is -7.16. The molecule has 4 rings (SSSR count).